The monoisotopic (exact) mass is 1110 g/mol. The Kier molecular flexibility index (Phi) is 30.7. The predicted molar refractivity (Wildman–Crippen MR) is 301 cm³/mol. The molecule has 18 heteroatoms. The van der Waals surface area contributed by atoms with Crippen LogP contribution < -0.4 is 18.9 Å². The van der Waals surface area contributed by atoms with Gasteiger partial charge in [-0.1, -0.05) is 95.2 Å². The molecule has 0 saturated carbocycles. The van der Waals surface area contributed by atoms with Crippen molar-refractivity contribution in [2.24, 2.45) is 0 Å². The number of carbonyl (C=O) groups is 6. The average Bonchev–Trinajstić information content (AvgIpc) is 4.29. The third kappa shape index (κ3) is 25.3. The Morgan fingerprint density at radius 3 is 1.14 bits per heavy atom. The number of allylic oxidation sites excluding steroid dienone is 16. The molecule has 4 aliphatic carbocycles. The lowest BCUT2D eigenvalue weighted by Crippen LogP contribution is -2.31. The number of aryl methyl sites for hydroxylation is 4. The molecule has 0 spiro atoms. The summed E-state index contributed by atoms with van der Waals surface area (Å²) in [5.74, 6) is 3.39. The second-order valence-corrected chi connectivity index (χ2v) is 18.2. The van der Waals surface area contributed by atoms with E-state index in [0.29, 0.717) is 41.6 Å². The number of hydroxylamine groups is 4. The fourth-order valence-electron chi connectivity index (χ4n) is 7.22. The second kappa shape index (κ2) is 37.3. The molecule has 4 aromatic heterocycles. The minimum Gasteiger partial charge on any atom is -0.493 e. The molecule has 18 nitrogen and oxygen atoms in total. The molecule has 2 aliphatic heterocycles. The van der Waals surface area contributed by atoms with Crippen LogP contribution >= 0.6 is 0 Å². The lowest BCUT2D eigenvalue weighted by molar-refractivity contribution is -0.197. The zero-order valence-electron chi connectivity index (χ0n) is 47.9. The van der Waals surface area contributed by atoms with Gasteiger partial charge in [-0.2, -0.15) is 0 Å². The maximum atomic E-state index is 11.6. The number of carbonyl (C=O) groups excluding carboxylic acids is 6. The van der Waals surface area contributed by atoms with Gasteiger partial charge in [-0.3, -0.25) is 19.2 Å². The summed E-state index contributed by atoms with van der Waals surface area (Å²) in [5.41, 5.74) is 5.49. The number of methoxy groups -OCH3 is 4. The molecule has 4 aromatic rings. The van der Waals surface area contributed by atoms with Gasteiger partial charge in [-0.15, -0.1) is 10.1 Å². The van der Waals surface area contributed by atoms with Gasteiger partial charge >= 0.3 is 11.9 Å². The lowest BCUT2D eigenvalue weighted by atomic mass is 10.1. The van der Waals surface area contributed by atoms with Crippen LogP contribution in [0.5, 0.6) is 23.0 Å². The van der Waals surface area contributed by atoms with E-state index in [1.807, 2.05) is 39.0 Å². The Hall–Kier alpha value is -8.54. The maximum Gasteiger partial charge on any atom is 0.333 e. The second-order valence-electron chi connectivity index (χ2n) is 18.2. The van der Waals surface area contributed by atoms with Crippen LogP contribution in [-0.4, -0.2) is 74.1 Å². The number of unbranched alkanes of at least 4 members (excludes halogenated alkanes) is 1. The molecule has 4 amide bonds. The van der Waals surface area contributed by atoms with Crippen molar-refractivity contribution >= 4 is 35.6 Å². The third-order valence-corrected chi connectivity index (χ3v) is 11.8. The Labute approximate surface area is 469 Å². The highest BCUT2D eigenvalue weighted by Crippen LogP contribution is 2.23. The largest absolute Gasteiger partial charge is 0.493 e. The van der Waals surface area contributed by atoms with Crippen molar-refractivity contribution < 1.29 is 75.1 Å². The van der Waals surface area contributed by atoms with Crippen LogP contribution in [0.3, 0.4) is 0 Å². The molecule has 6 aliphatic rings. The molecule has 0 radical (unpaired) electrons. The normalized spacial score (nSPS) is 14.8. The Balaban J connectivity index is 0.000000253. The van der Waals surface area contributed by atoms with E-state index in [4.69, 9.17) is 46.3 Å². The van der Waals surface area contributed by atoms with Gasteiger partial charge in [0.1, 0.15) is 23.0 Å². The van der Waals surface area contributed by atoms with Crippen molar-refractivity contribution in [2.45, 2.75) is 131 Å². The van der Waals surface area contributed by atoms with Crippen LogP contribution in [0.25, 0.3) is 0 Å². The van der Waals surface area contributed by atoms with Crippen LogP contribution in [0.2, 0.25) is 0 Å². The number of rotatable bonds is 14. The van der Waals surface area contributed by atoms with Gasteiger partial charge in [-0.05, 0) is 86.5 Å². The quantitative estimate of drug-likeness (QED) is 0.0847. The Morgan fingerprint density at radius 2 is 0.850 bits per heavy atom. The zero-order valence-corrected chi connectivity index (χ0v) is 47.9. The highest BCUT2D eigenvalue weighted by Gasteiger charge is 2.33. The minimum absolute atomic E-state index is 0.102. The summed E-state index contributed by atoms with van der Waals surface area (Å²) in [4.78, 5) is 77.4. The zero-order chi connectivity index (χ0) is 58.7. The van der Waals surface area contributed by atoms with Gasteiger partial charge in [-0.25, -0.2) is 9.59 Å². The van der Waals surface area contributed by atoms with Gasteiger partial charge < -0.3 is 46.3 Å². The van der Waals surface area contributed by atoms with Crippen molar-refractivity contribution in [3.63, 3.8) is 0 Å². The highest BCUT2D eigenvalue weighted by molar-refractivity contribution is 6.02. The predicted octanol–water partition coefficient (Wildman–Crippen LogP) is 13.3. The summed E-state index contributed by atoms with van der Waals surface area (Å²) in [7, 11) is 6.43. The van der Waals surface area contributed by atoms with E-state index in [1.54, 1.807) is 77.8 Å². The van der Waals surface area contributed by atoms with Crippen molar-refractivity contribution in [3.05, 3.63) is 168 Å². The van der Waals surface area contributed by atoms with Crippen LogP contribution in [0.1, 0.15) is 127 Å². The molecule has 0 aromatic carbocycles. The first-order valence-electron chi connectivity index (χ1n) is 26.3. The maximum absolute atomic E-state index is 11.6. The number of hydrogen-bond donors (Lipinski definition) is 0. The topological polar surface area (TPSA) is 217 Å². The van der Waals surface area contributed by atoms with Gasteiger partial charge in [0.15, 0.2) is 23.0 Å². The van der Waals surface area contributed by atoms with E-state index in [1.165, 1.54) is 36.0 Å². The van der Waals surface area contributed by atoms with Crippen molar-refractivity contribution in [2.75, 3.05) is 28.4 Å². The SMILES string of the molecule is CC1=CC=CC1.CC1=CC=CC1.CC1=CC=CC1.COc1ccoc1C.COc1ccoc1C.COc1ccoc1C.COc1ccoc1CCCCC(=O)ON1C(=O)CCC1=O.O=C(CCC1=CCC=C1)ON1C(=O)CCC1=O. The number of amides is 4. The molecular weight excluding hydrogens is 1030 g/mol. The molecule has 2 saturated heterocycles. The molecule has 0 N–H and O–H groups in total. The lowest BCUT2D eigenvalue weighted by Gasteiger charge is -2.12. The van der Waals surface area contributed by atoms with Gasteiger partial charge in [0, 0.05) is 62.8 Å². The molecular formula is C62H78N2O16. The molecule has 0 atom stereocenters. The Morgan fingerprint density at radius 1 is 0.475 bits per heavy atom. The molecule has 10 rings (SSSR count). The average molecular weight is 1110 g/mol. The van der Waals surface area contributed by atoms with E-state index in [2.05, 4.69) is 75.5 Å². The van der Waals surface area contributed by atoms with E-state index in [-0.39, 0.29) is 38.5 Å². The summed E-state index contributed by atoms with van der Waals surface area (Å²) < 4.78 is 39.8. The summed E-state index contributed by atoms with van der Waals surface area (Å²) >= 11 is 0. The summed E-state index contributed by atoms with van der Waals surface area (Å²) in [5, 5.41) is 1.15. The third-order valence-electron chi connectivity index (χ3n) is 11.8. The molecule has 80 heavy (non-hydrogen) atoms. The standard InChI is InChI=1S/C14H17NO6.C12H13NO4.3C6H8O2.3C6H8/c1-19-10-8-9-20-11(10)4-2-3-5-14(18)21-15-12(16)6-7-13(15)17;14-10-6-7-11(15)13(10)17-12(16)8-5-9-3-1-2-4-9;3*1-5-6(7-2)3-4-8-5;3*1-6-4-2-3-5-6/h8-9H,2-7H2,1H3;1,3-4H,2,5-8H2;3*3-4H,1-2H3;3*2-4H,5H2,1H3. The van der Waals surface area contributed by atoms with Crippen molar-refractivity contribution in [1.82, 2.24) is 10.1 Å². The first kappa shape index (κ1) is 65.7. The van der Waals surface area contributed by atoms with Gasteiger partial charge in [0.2, 0.25) is 0 Å². The molecule has 0 bridgehead atoms. The fraction of sp³-hybridized carbons (Fsp3) is 0.387. The first-order valence-corrected chi connectivity index (χ1v) is 26.3. The number of imide groups is 2. The van der Waals surface area contributed by atoms with E-state index in [9.17, 15) is 28.8 Å². The minimum atomic E-state index is -0.579. The molecule has 432 valence electrons. The van der Waals surface area contributed by atoms with Crippen LogP contribution in [-0.2, 0) is 44.9 Å². The fourth-order valence-corrected chi connectivity index (χ4v) is 7.22. The summed E-state index contributed by atoms with van der Waals surface area (Å²) in [6.07, 6.45) is 39.2. The van der Waals surface area contributed by atoms with E-state index < -0.39 is 35.6 Å². The number of furan rings is 4. The molecule has 0 unspecified atom stereocenters. The summed E-state index contributed by atoms with van der Waals surface area (Å²) in [6, 6.07) is 7.09. The van der Waals surface area contributed by atoms with Crippen molar-refractivity contribution in [1.29, 1.82) is 0 Å². The number of hydrogen-bond acceptors (Lipinski definition) is 16. The number of nitrogens with zero attached hydrogens (tertiary/aromatic N) is 2. The van der Waals surface area contributed by atoms with E-state index in [0.717, 1.165) is 52.3 Å². The van der Waals surface area contributed by atoms with E-state index >= 15 is 0 Å². The molecule has 6 heterocycles. The highest BCUT2D eigenvalue weighted by atomic mass is 16.7. The van der Waals surface area contributed by atoms with Crippen LogP contribution in [0, 0.1) is 20.8 Å². The smallest absolute Gasteiger partial charge is 0.333 e. The summed E-state index contributed by atoms with van der Waals surface area (Å²) in [6.45, 7) is 12.0. The Bertz CT molecular complexity index is 2640. The van der Waals surface area contributed by atoms with Crippen molar-refractivity contribution in [3.8, 4) is 23.0 Å². The van der Waals surface area contributed by atoms with Crippen LogP contribution in [0.4, 0.5) is 0 Å². The van der Waals surface area contributed by atoms with Gasteiger partial charge in [0.25, 0.3) is 23.6 Å². The number of ether oxygens (including phenoxy) is 4. The molecule has 2 fully saturated rings. The van der Waals surface area contributed by atoms with Crippen LogP contribution in [0.15, 0.2) is 162 Å². The van der Waals surface area contributed by atoms with Gasteiger partial charge in [0.05, 0.1) is 59.9 Å². The first-order chi connectivity index (χ1) is 38.5.